The van der Waals surface area contributed by atoms with Crippen LogP contribution in [-0.4, -0.2) is 34.5 Å². The lowest BCUT2D eigenvalue weighted by molar-refractivity contribution is -0.158. The number of aliphatic hydroxyl groups is 1. The van der Waals surface area contributed by atoms with Crippen molar-refractivity contribution in [2.75, 3.05) is 6.61 Å². The molecule has 0 heterocycles. The van der Waals surface area contributed by atoms with E-state index >= 15 is 0 Å². The highest BCUT2D eigenvalue weighted by molar-refractivity contribution is 5.68. The zero-order chi connectivity index (χ0) is 26.7. The second kappa shape index (κ2) is 9.40. The zero-order valence-corrected chi connectivity index (χ0v) is 24.5. The molecule has 1 unspecified atom stereocenters. The molecule has 4 nitrogen and oxygen atoms in total. The van der Waals surface area contributed by atoms with Gasteiger partial charge in [0.1, 0.15) is 6.61 Å². The summed E-state index contributed by atoms with van der Waals surface area (Å²) in [4.78, 5) is 11.2. The van der Waals surface area contributed by atoms with Crippen LogP contribution in [-0.2, 0) is 9.53 Å². The van der Waals surface area contributed by atoms with E-state index < -0.39 is 11.6 Å². The first-order chi connectivity index (χ1) is 16.6. The smallest absolute Gasteiger partial charge is 0.329 e. The van der Waals surface area contributed by atoms with E-state index in [0.717, 1.165) is 31.6 Å². The van der Waals surface area contributed by atoms with Gasteiger partial charge in [-0.15, -0.1) is 0 Å². The number of allylic oxidation sites excluding steroid dienone is 2. The molecule has 0 amide bonds. The molecule has 0 radical (unpaired) electrons. The minimum atomic E-state index is -0.864. The molecule has 4 heteroatoms. The van der Waals surface area contributed by atoms with Gasteiger partial charge in [-0.2, -0.15) is 0 Å². The van der Waals surface area contributed by atoms with E-state index in [1.807, 2.05) is 19.4 Å². The van der Waals surface area contributed by atoms with Crippen LogP contribution in [0.4, 0.5) is 0 Å². The Kier molecular flexibility index (Phi) is 7.35. The minimum absolute atomic E-state index is 0.0180. The van der Waals surface area contributed by atoms with E-state index in [1.165, 1.54) is 44.9 Å². The molecule has 2 N–H and O–H groups in total. The van der Waals surface area contributed by atoms with E-state index in [2.05, 4.69) is 41.5 Å². The maximum absolute atomic E-state index is 11.2. The fraction of sp³-hybridized carbons (Fsp3) is 0.906. The first-order valence-electron chi connectivity index (χ1n) is 14.8. The van der Waals surface area contributed by atoms with Gasteiger partial charge in [-0.3, -0.25) is 0 Å². The Balaban J connectivity index is 1.57. The van der Waals surface area contributed by atoms with Crippen molar-refractivity contribution in [3.05, 3.63) is 11.1 Å². The van der Waals surface area contributed by atoms with Crippen LogP contribution in [0.1, 0.15) is 126 Å². The van der Waals surface area contributed by atoms with E-state index in [-0.39, 0.29) is 23.5 Å². The first-order valence-corrected chi connectivity index (χ1v) is 14.8. The summed E-state index contributed by atoms with van der Waals surface area (Å²) >= 11 is 0. The molecule has 0 aromatic heterocycles. The highest BCUT2D eigenvalue weighted by Crippen LogP contribution is 2.72. The molecule has 2 fully saturated rings. The molecule has 0 aromatic carbocycles. The van der Waals surface area contributed by atoms with Gasteiger partial charge < -0.3 is 14.9 Å². The summed E-state index contributed by atoms with van der Waals surface area (Å²) < 4.78 is 5.96. The number of hydrogen-bond acceptors (Lipinski definition) is 3. The summed E-state index contributed by atoms with van der Waals surface area (Å²) in [5.41, 5.74) is 3.88. The Hall–Kier alpha value is -0.870. The minimum Gasteiger partial charge on any atom is -0.480 e. The number of ether oxygens (including phenoxy) is 1. The second-order valence-corrected chi connectivity index (χ2v) is 15.1. The summed E-state index contributed by atoms with van der Waals surface area (Å²) in [5.74, 6) is 1.15. The molecule has 206 valence electrons. The van der Waals surface area contributed by atoms with Gasteiger partial charge in [-0.1, -0.05) is 65.5 Å². The fourth-order valence-corrected chi connectivity index (χ4v) is 10.1. The van der Waals surface area contributed by atoms with Crippen molar-refractivity contribution < 1.29 is 19.7 Å². The van der Waals surface area contributed by atoms with Crippen LogP contribution in [0.25, 0.3) is 0 Å². The predicted octanol–water partition coefficient (Wildman–Crippen LogP) is 7.78. The quantitative estimate of drug-likeness (QED) is 0.333. The molecule has 0 aromatic rings. The van der Waals surface area contributed by atoms with Gasteiger partial charge in [-0.25, -0.2) is 4.79 Å². The van der Waals surface area contributed by atoms with Crippen molar-refractivity contribution in [2.45, 2.75) is 138 Å². The summed E-state index contributed by atoms with van der Waals surface area (Å²) in [7, 11) is 0. The number of carboxylic acids is 1. The number of fused-ring (bicyclic) bond motifs is 4. The fourth-order valence-electron chi connectivity index (χ4n) is 10.1. The number of carboxylic acid groups (broad SMARTS) is 1. The van der Waals surface area contributed by atoms with Crippen LogP contribution >= 0.6 is 0 Å². The molecular formula is C32H54O4. The van der Waals surface area contributed by atoms with Crippen LogP contribution in [0.5, 0.6) is 0 Å². The molecule has 2 saturated carbocycles. The maximum atomic E-state index is 11.2. The summed E-state index contributed by atoms with van der Waals surface area (Å²) in [6.45, 7) is 18.6. The highest BCUT2D eigenvalue weighted by Gasteiger charge is 2.63. The average Bonchev–Trinajstić information content (AvgIpc) is 3.03. The number of hydrogen-bond donors (Lipinski definition) is 2. The lowest BCUT2D eigenvalue weighted by Crippen LogP contribution is -2.55. The molecule has 36 heavy (non-hydrogen) atoms. The van der Waals surface area contributed by atoms with Crippen molar-refractivity contribution in [1.29, 1.82) is 0 Å². The summed E-state index contributed by atoms with van der Waals surface area (Å²) in [5, 5.41) is 19.4. The Labute approximate surface area is 220 Å². The highest BCUT2D eigenvalue weighted by atomic mass is 16.5. The summed E-state index contributed by atoms with van der Waals surface area (Å²) in [6, 6.07) is 0. The molecular weight excluding hydrogens is 448 g/mol. The predicted molar refractivity (Wildman–Crippen MR) is 146 cm³/mol. The number of carbonyl (C=O) groups is 1. The van der Waals surface area contributed by atoms with Crippen molar-refractivity contribution in [1.82, 2.24) is 0 Å². The lowest BCUT2D eigenvalue weighted by atomic mass is 9.43. The third-order valence-corrected chi connectivity index (χ3v) is 12.3. The molecule has 7 atom stereocenters. The van der Waals surface area contributed by atoms with Crippen molar-refractivity contribution in [2.24, 2.45) is 39.4 Å². The SMILES string of the molecule is C[C@H](CCCC(C)(C)O)[C@H]1CC[C@@]2(C)C3=C(CC[C@]12C)[C@@]1(C)CCC(OCC(=O)O)C(C)(C)[C@@H]1CC3. The van der Waals surface area contributed by atoms with Crippen LogP contribution in [0.15, 0.2) is 11.1 Å². The molecule has 0 saturated heterocycles. The van der Waals surface area contributed by atoms with E-state index in [4.69, 9.17) is 4.74 Å². The average molecular weight is 503 g/mol. The van der Waals surface area contributed by atoms with Gasteiger partial charge in [0.25, 0.3) is 0 Å². The van der Waals surface area contributed by atoms with Crippen molar-refractivity contribution >= 4 is 5.97 Å². The van der Waals surface area contributed by atoms with Gasteiger partial charge in [-0.05, 0) is 111 Å². The largest absolute Gasteiger partial charge is 0.480 e. The van der Waals surface area contributed by atoms with Crippen LogP contribution in [0.2, 0.25) is 0 Å². The van der Waals surface area contributed by atoms with Gasteiger partial charge in [0, 0.05) is 0 Å². The third kappa shape index (κ3) is 4.51. The third-order valence-electron chi connectivity index (χ3n) is 12.3. The molecule has 0 bridgehead atoms. The van der Waals surface area contributed by atoms with Crippen molar-refractivity contribution in [3.63, 3.8) is 0 Å². The Morgan fingerprint density at radius 1 is 1.03 bits per heavy atom. The zero-order valence-electron chi connectivity index (χ0n) is 24.5. The van der Waals surface area contributed by atoms with E-state index in [0.29, 0.717) is 22.7 Å². The van der Waals surface area contributed by atoms with E-state index in [9.17, 15) is 15.0 Å². The second-order valence-electron chi connectivity index (χ2n) is 15.1. The van der Waals surface area contributed by atoms with E-state index in [1.54, 1.807) is 5.57 Å². The van der Waals surface area contributed by atoms with Gasteiger partial charge in [0.05, 0.1) is 11.7 Å². The van der Waals surface area contributed by atoms with Crippen LogP contribution < -0.4 is 0 Å². The Morgan fingerprint density at radius 3 is 2.36 bits per heavy atom. The molecule has 0 aliphatic heterocycles. The number of rotatable bonds is 8. The normalized spacial score (nSPS) is 40.9. The van der Waals surface area contributed by atoms with Gasteiger partial charge in [0.15, 0.2) is 0 Å². The van der Waals surface area contributed by atoms with Gasteiger partial charge in [0.2, 0.25) is 0 Å². The first kappa shape index (κ1) is 28.1. The maximum Gasteiger partial charge on any atom is 0.329 e. The standard InChI is InChI=1S/C32H54O4/c1-21(10-9-16-28(2,3)35)22-13-18-32(8)24-11-12-25-29(4,5)26(36-20-27(33)34)15-17-30(25,6)23(24)14-19-31(22,32)7/h21-22,25-26,35H,9-20H2,1-8H3,(H,33,34)/t21-,22-,25+,26?,30-,31-,32+/m1/s1. The number of aliphatic carboxylic acids is 1. The molecule has 4 rings (SSSR count). The van der Waals surface area contributed by atoms with Gasteiger partial charge >= 0.3 is 5.97 Å². The Bertz CT molecular complexity index is 881. The van der Waals surface area contributed by atoms with Crippen LogP contribution in [0.3, 0.4) is 0 Å². The molecule has 0 spiro atoms. The topological polar surface area (TPSA) is 66.8 Å². The Morgan fingerprint density at radius 2 is 1.72 bits per heavy atom. The lowest BCUT2D eigenvalue weighted by Gasteiger charge is -2.62. The monoisotopic (exact) mass is 502 g/mol. The van der Waals surface area contributed by atoms with Crippen LogP contribution in [0, 0.1) is 39.4 Å². The van der Waals surface area contributed by atoms with Crippen molar-refractivity contribution in [3.8, 4) is 0 Å². The summed E-state index contributed by atoms with van der Waals surface area (Å²) in [6.07, 6.45) is 12.9. The molecule has 4 aliphatic rings. The molecule has 4 aliphatic carbocycles.